The lowest BCUT2D eigenvalue weighted by molar-refractivity contribution is -0.135. The quantitative estimate of drug-likeness (QED) is 0.625. The number of nitrogens with one attached hydrogen (secondary N) is 1. The van der Waals surface area contributed by atoms with Crippen LogP contribution in [0.4, 0.5) is 0 Å². The molecule has 5 heteroatoms. The molecule has 0 aromatic carbocycles. The van der Waals surface area contributed by atoms with Crippen LogP contribution in [0.5, 0.6) is 0 Å². The summed E-state index contributed by atoms with van der Waals surface area (Å²) in [6, 6.07) is 0. The Kier molecular flexibility index (Phi) is 3.22. The molecule has 0 saturated carbocycles. The van der Waals surface area contributed by atoms with Gasteiger partial charge in [0.15, 0.2) is 5.17 Å². The van der Waals surface area contributed by atoms with Gasteiger partial charge in [-0.25, -0.2) is 0 Å². The second kappa shape index (κ2) is 4.23. The SMILES string of the molecule is O=C(O)CNC1=NCCCS1. The fourth-order valence-corrected chi connectivity index (χ4v) is 1.54. The Labute approximate surface area is 69.1 Å². The van der Waals surface area contributed by atoms with Gasteiger partial charge in [-0.1, -0.05) is 11.8 Å². The van der Waals surface area contributed by atoms with Crippen molar-refractivity contribution in [3.63, 3.8) is 0 Å². The summed E-state index contributed by atoms with van der Waals surface area (Å²) in [6.45, 7) is 0.779. The molecule has 11 heavy (non-hydrogen) atoms. The summed E-state index contributed by atoms with van der Waals surface area (Å²) in [5.41, 5.74) is 0. The van der Waals surface area contributed by atoms with Crippen LogP contribution >= 0.6 is 11.8 Å². The predicted octanol–water partition coefficient (Wildman–Crippen LogP) is 0.154. The molecule has 0 radical (unpaired) electrons. The van der Waals surface area contributed by atoms with E-state index in [-0.39, 0.29) is 6.54 Å². The average Bonchev–Trinajstić information content (AvgIpc) is 2.03. The molecule has 0 unspecified atom stereocenters. The Morgan fingerprint density at radius 3 is 3.18 bits per heavy atom. The van der Waals surface area contributed by atoms with Crippen molar-refractivity contribution < 1.29 is 9.90 Å². The van der Waals surface area contributed by atoms with Gasteiger partial charge in [-0.2, -0.15) is 0 Å². The zero-order valence-corrected chi connectivity index (χ0v) is 6.86. The topological polar surface area (TPSA) is 61.7 Å². The number of nitrogens with zero attached hydrogens (tertiary/aromatic N) is 1. The summed E-state index contributed by atoms with van der Waals surface area (Å²) in [7, 11) is 0. The number of aliphatic carboxylic acids is 1. The van der Waals surface area contributed by atoms with E-state index in [1.165, 1.54) is 0 Å². The summed E-state index contributed by atoms with van der Waals surface area (Å²) in [5, 5.41) is 11.8. The molecule has 0 amide bonds. The molecular formula is C6H10N2O2S. The molecule has 0 fully saturated rings. The average molecular weight is 174 g/mol. The van der Waals surface area contributed by atoms with Crippen LogP contribution < -0.4 is 5.32 Å². The maximum atomic E-state index is 10.1. The molecule has 0 spiro atoms. The molecule has 62 valence electrons. The zero-order chi connectivity index (χ0) is 8.10. The van der Waals surface area contributed by atoms with Crippen LogP contribution in [0.15, 0.2) is 4.99 Å². The van der Waals surface area contributed by atoms with Crippen molar-refractivity contribution in [3.05, 3.63) is 0 Å². The first-order chi connectivity index (χ1) is 5.29. The number of carboxylic acid groups (broad SMARTS) is 1. The molecule has 1 heterocycles. The Balaban J connectivity index is 2.24. The van der Waals surface area contributed by atoms with Crippen molar-refractivity contribution in [2.24, 2.45) is 4.99 Å². The Hall–Kier alpha value is -0.710. The zero-order valence-electron chi connectivity index (χ0n) is 6.04. The summed E-state index contributed by atoms with van der Waals surface area (Å²) >= 11 is 1.58. The van der Waals surface area contributed by atoms with Gasteiger partial charge in [-0.05, 0) is 6.42 Å². The molecule has 0 saturated heterocycles. The Morgan fingerprint density at radius 2 is 2.64 bits per heavy atom. The maximum absolute atomic E-state index is 10.1. The fraction of sp³-hybridized carbons (Fsp3) is 0.667. The standard InChI is InChI=1S/C6H10N2O2S/c9-5(10)4-8-6-7-2-1-3-11-6/h1-4H2,(H,7,8)(H,9,10). The van der Waals surface area contributed by atoms with E-state index >= 15 is 0 Å². The Bertz CT molecular complexity index is 181. The second-order valence-corrected chi connectivity index (χ2v) is 3.22. The van der Waals surface area contributed by atoms with Gasteiger partial charge in [0.2, 0.25) is 0 Å². The van der Waals surface area contributed by atoms with Crippen LogP contribution in [0.1, 0.15) is 6.42 Å². The van der Waals surface area contributed by atoms with Gasteiger partial charge in [-0.3, -0.25) is 9.79 Å². The molecule has 1 aliphatic rings. The number of hydrogen-bond acceptors (Lipinski definition) is 4. The number of amidine groups is 1. The highest BCUT2D eigenvalue weighted by molar-refractivity contribution is 8.13. The van der Waals surface area contributed by atoms with E-state index in [1.807, 2.05) is 0 Å². The van der Waals surface area contributed by atoms with Crippen molar-refractivity contribution in [3.8, 4) is 0 Å². The van der Waals surface area contributed by atoms with Gasteiger partial charge in [0.1, 0.15) is 6.54 Å². The molecule has 0 aromatic rings. The van der Waals surface area contributed by atoms with Gasteiger partial charge in [0, 0.05) is 12.3 Å². The second-order valence-electron chi connectivity index (χ2n) is 2.14. The molecule has 0 atom stereocenters. The summed E-state index contributed by atoms with van der Waals surface area (Å²) in [6.07, 6.45) is 1.09. The molecule has 4 nitrogen and oxygen atoms in total. The van der Waals surface area contributed by atoms with Crippen LogP contribution in [-0.4, -0.2) is 35.1 Å². The third kappa shape index (κ3) is 3.27. The lowest BCUT2D eigenvalue weighted by atomic mass is 10.5. The molecule has 0 bridgehead atoms. The van der Waals surface area contributed by atoms with Crippen LogP contribution in [0.25, 0.3) is 0 Å². The molecule has 0 aromatic heterocycles. The minimum absolute atomic E-state index is 0.0359. The fourth-order valence-electron chi connectivity index (χ4n) is 0.718. The maximum Gasteiger partial charge on any atom is 0.322 e. The van der Waals surface area contributed by atoms with Gasteiger partial charge in [0.25, 0.3) is 0 Å². The van der Waals surface area contributed by atoms with E-state index in [0.717, 1.165) is 23.9 Å². The third-order valence-corrected chi connectivity index (χ3v) is 2.23. The van der Waals surface area contributed by atoms with Crippen LogP contribution in [0.2, 0.25) is 0 Å². The highest BCUT2D eigenvalue weighted by atomic mass is 32.2. The van der Waals surface area contributed by atoms with E-state index in [1.54, 1.807) is 11.8 Å². The van der Waals surface area contributed by atoms with Crippen LogP contribution in [-0.2, 0) is 4.79 Å². The van der Waals surface area contributed by atoms with Gasteiger partial charge >= 0.3 is 5.97 Å². The monoisotopic (exact) mass is 174 g/mol. The first-order valence-electron chi connectivity index (χ1n) is 3.42. The summed E-state index contributed by atoms with van der Waals surface area (Å²) < 4.78 is 0. The van der Waals surface area contributed by atoms with Crippen molar-refractivity contribution in [2.75, 3.05) is 18.8 Å². The smallest absolute Gasteiger partial charge is 0.322 e. The summed E-state index contributed by atoms with van der Waals surface area (Å²) in [4.78, 5) is 14.2. The van der Waals surface area contributed by atoms with E-state index in [0.29, 0.717) is 0 Å². The molecule has 1 aliphatic heterocycles. The van der Waals surface area contributed by atoms with Gasteiger partial charge in [0.05, 0.1) is 0 Å². The van der Waals surface area contributed by atoms with E-state index < -0.39 is 5.97 Å². The van der Waals surface area contributed by atoms with Crippen LogP contribution in [0, 0.1) is 0 Å². The minimum Gasteiger partial charge on any atom is -0.480 e. The minimum atomic E-state index is -0.848. The lowest BCUT2D eigenvalue weighted by Crippen LogP contribution is -2.28. The number of thioether (sulfide) groups is 1. The summed E-state index contributed by atoms with van der Waals surface area (Å²) in [5.74, 6) is 0.185. The van der Waals surface area contributed by atoms with Crippen molar-refractivity contribution in [1.29, 1.82) is 0 Å². The first-order valence-corrected chi connectivity index (χ1v) is 4.40. The van der Waals surface area contributed by atoms with Crippen molar-refractivity contribution in [1.82, 2.24) is 5.32 Å². The van der Waals surface area contributed by atoms with E-state index in [2.05, 4.69) is 10.3 Å². The van der Waals surface area contributed by atoms with Crippen LogP contribution in [0.3, 0.4) is 0 Å². The van der Waals surface area contributed by atoms with Gasteiger partial charge < -0.3 is 10.4 Å². The molecular weight excluding hydrogens is 164 g/mol. The Morgan fingerprint density at radius 1 is 1.82 bits per heavy atom. The molecule has 2 N–H and O–H groups in total. The van der Waals surface area contributed by atoms with E-state index in [9.17, 15) is 4.79 Å². The first kappa shape index (κ1) is 8.39. The normalized spacial score (nSPS) is 17.3. The third-order valence-electron chi connectivity index (χ3n) is 1.19. The van der Waals surface area contributed by atoms with Crippen molar-refractivity contribution >= 4 is 22.9 Å². The number of carbonyl (C=O) groups is 1. The highest BCUT2D eigenvalue weighted by Crippen LogP contribution is 2.09. The number of rotatable bonds is 2. The molecule has 1 rings (SSSR count). The van der Waals surface area contributed by atoms with Gasteiger partial charge in [-0.15, -0.1) is 0 Å². The largest absolute Gasteiger partial charge is 0.480 e. The predicted molar refractivity (Wildman–Crippen MR) is 45.0 cm³/mol. The lowest BCUT2D eigenvalue weighted by Gasteiger charge is -2.10. The highest BCUT2D eigenvalue weighted by Gasteiger charge is 2.05. The van der Waals surface area contributed by atoms with E-state index in [4.69, 9.17) is 5.11 Å². The number of aliphatic imine (C=N–C) groups is 1. The number of carboxylic acids is 1. The van der Waals surface area contributed by atoms with Crippen molar-refractivity contribution in [2.45, 2.75) is 6.42 Å². The molecule has 0 aliphatic carbocycles. The number of hydrogen-bond donors (Lipinski definition) is 2.